The molecular formula is C30H33IO6. The molecule has 0 aromatic heterocycles. The number of carbonyl (C=O) groups is 1. The minimum atomic E-state index is -0.753. The van der Waals surface area contributed by atoms with Crippen molar-refractivity contribution in [1.82, 2.24) is 0 Å². The van der Waals surface area contributed by atoms with Gasteiger partial charge in [-0.2, -0.15) is 0 Å². The molecule has 6 nitrogen and oxygen atoms in total. The number of rotatable bonds is 12. The summed E-state index contributed by atoms with van der Waals surface area (Å²) in [6, 6.07) is 30.0. The van der Waals surface area contributed by atoms with Crippen LogP contribution in [0.1, 0.15) is 23.6 Å². The number of alkyl halides is 1. The predicted octanol–water partition coefficient (Wildman–Crippen LogP) is 5.71. The molecule has 1 unspecified atom stereocenters. The number of hydrogen-bond acceptors (Lipinski definition) is 6. The van der Waals surface area contributed by atoms with Crippen LogP contribution in [0.3, 0.4) is 0 Å². The SMILES string of the molecule is CC(=O)OC1O[C@H](COCc2ccccc2)[C@@H](OCc2ccccc2)[C@H](OCc2ccccc2)[C@H]1CI. The van der Waals surface area contributed by atoms with Crippen molar-refractivity contribution in [2.45, 2.75) is 51.3 Å². The first-order chi connectivity index (χ1) is 18.1. The van der Waals surface area contributed by atoms with Crippen molar-refractivity contribution in [3.05, 3.63) is 108 Å². The van der Waals surface area contributed by atoms with Gasteiger partial charge in [0.15, 0.2) is 0 Å². The molecule has 7 heteroatoms. The van der Waals surface area contributed by atoms with Crippen LogP contribution in [0.25, 0.3) is 0 Å². The Morgan fingerprint density at radius 2 is 1.24 bits per heavy atom. The first kappa shape index (κ1) is 27.7. The molecule has 196 valence electrons. The predicted molar refractivity (Wildman–Crippen MR) is 149 cm³/mol. The molecule has 1 fully saturated rings. The van der Waals surface area contributed by atoms with Crippen molar-refractivity contribution in [2.24, 2.45) is 5.92 Å². The lowest BCUT2D eigenvalue weighted by atomic mass is 9.91. The summed E-state index contributed by atoms with van der Waals surface area (Å²) in [7, 11) is 0. The maximum atomic E-state index is 11.9. The van der Waals surface area contributed by atoms with Crippen LogP contribution >= 0.6 is 22.6 Å². The lowest BCUT2D eigenvalue weighted by Gasteiger charge is -2.45. The van der Waals surface area contributed by atoms with E-state index in [0.29, 0.717) is 24.2 Å². The van der Waals surface area contributed by atoms with Gasteiger partial charge in [-0.15, -0.1) is 0 Å². The van der Waals surface area contributed by atoms with Crippen molar-refractivity contribution in [3.63, 3.8) is 0 Å². The zero-order valence-corrected chi connectivity index (χ0v) is 23.1. The van der Waals surface area contributed by atoms with Crippen molar-refractivity contribution in [3.8, 4) is 0 Å². The Bertz CT molecular complexity index is 1070. The Hall–Kier alpha value is -2.30. The van der Waals surface area contributed by atoms with Crippen LogP contribution in [0.2, 0.25) is 0 Å². The summed E-state index contributed by atoms with van der Waals surface area (Å²) in [6.45, 7) is 2.92. The summed E-state index contributed by atoms with van der Waals surface area (Å²) in [5, 5.41) is 0. The first-order valence-corrected chi connectivity index (χ1v) is 14.0. The summed E-state index contributed by atoms with van der Waals surface area (Å²) in [5.41, 5.74) is 3.18. The monoisotopic (exact) mass is 616 g/mol. The van der Waals surface area contributed by atoms with Gasteiger partial charge in [-0.3, -0.25) is 4.79 Å². The molecule has 0 radical (unpaired) electrons. The van der Waals surface area contributed by atoms with Gasteiger partial charge in [0.05, 0.1) is 38.4 Å². The van der Waals surface area contributed by atoms with Crippen LogP contribution in [0, 0.1) is 5.92 Å². The molecule has 4 rings (SSSR count). The molecular weight excluding hydrogens is 583 g/mol. The Morgan fingerprint density at radius 3 is 1.73 bits per heavy atom. The van der Waals surface area contributed by atoms with E-state index in [0.717, 1.165) is 16.7 Å². The van der Waals surface area contributed by atoms with Gasteiger partial charge >= 0.3 is 5.97 Å². The fraction of sp³-hybridized carbons (Fsp3) is 0.367. The summed E-state index contributed by atoms with van der Waals surface area (Å²) in [6.07, 6.45) is -2.04. The molecule has 0 bridgehead atoms. The van der Waals surface area contributed by atoms with Gasteiger partial charge in [-0.05, 0) is 16.7 Å². The standard InChI is InChI=1S/C30H33IO6/c1-22(32)36-30-26(17-31)28(34-19-24-13-7-3-8-14-24)29(35-20-25-15-9-4-10-16-25)27(37-30)21-33-18-23-11-5-2-6-12-23/h2-16,26-30H,17-21H2,1H3/t26-,27-,28-,29-,30?/m1/s1. The molecule has 5 atom stereocenters. The fourth-order valence-electron chi connectivity index (χ4n) is 4.36. The lowest BCUT2D eigenvalue weighted by Crippen LogP contribution is -2.59. The van der Waals surface area contributed by atoms with Crippen molar-refractivity contribution in [1.29, 1.82) is 0 Å². The molecule has 1 heterocycles. The van der Waals surface area contributed by atoms with Gasteiger partial charge in [0.25, 0.3) is 0 Å². The van der Waals surface area contributed by atoms with Gasteiger partial charge in [0, 0.05) is 11.4 Å². The third-order valence-corrected chi connectivity index (χ3v) is 7.21. The molecule has 1 aliphatic rings. The zero-order valence-electron chi connectivity index (χ0n) is 20.9. The average molecular weight is 616 g/mol. The molecule has 3 aromatic rings. The van der Waals surface area contributed by atoms with E-state index in [1.165, 1.54) is 6.92 Å². The summed E-state index contributed by atoms with van der Waals surface area (Å²) >= 11 is 2.29. The Balaban J connectivity index is 1.55. The lowest BCUT2D eigenvalue weighted by molar-refractivity contribution is -0.292. The average Bonchev–Trinajstić information content (AvgIpc) is 2.92. The van der Waals surface area contributed by atoms with Gasteiger partial charge in [0.2, 0.25) is 6.29 Å². The largest absolute Gasteiger partial charge is 0.435 e. The minimum absolute atomic E-state index is 0.209. The van der Waals surface area contributed by atoms with Crippen LogP contribution < -0.4 is 0 Å². The van der Waals surface area contributed by atoms with Gasteiger partial charge in [-0.25, -0.2) is 0 Å². The highest BCUT2D eigenvalue weighted by Gasteiger charge is 2.48. The Labute approximate surface area is 232 Å². The van der Waals surface area contributed by atoms with Crippen LogP contribution in [0.4, 0.5) is 0 Å². The minimum Gasteiger partial charge on any atom is -0.435 e. The molecule has 0 saturated carbocycles. The maximum Gasteiger partial charge on any atom is 0.304 e. The van der Waals surface area contributed by atoms with Crippen molar-refractivity contribution >= 4 is 28.6 Å². The zero-order chi connectivity index (χ0) is 25.9. The van der Waals surface area contributed by atoms with Gasteiger partial charge in [-0.1, -0.05) is 114 Å². The Morgan fingerprint density at radius 1 is 0.757 bits per heavy atom. The van der Waals surface area contributed by atoms with Crippen LogP contribution in [0.15, 0.2) is 91.0 Å². The summed E-state index contributed by atoms with van der Waals surface area (Å²) in [4.78, 5) is 11.9. The van der Waals surface area contributed by atoms with E-state index in [-0.39, 0.29) is 18.6 Å². The summed E-state index contributed by atoms with van der Waals surface area (Å²) in [5.74, 6) is -0.603. The van der Waals surface area contributed by atoms with E-state index in [1.54, 1.807) is 0 Å². The Kier molecular flexibility index (Phi) is 10.9. The van der Waals surface area contributed by atoms with Crippen LogP contribution in [0.5, 0.6) is 0 Å². The molecule has 0 N–H and O–H groups in total. The van der Waals surface area contributed by atoms with E-state index >= 15 is 0 Å². The van der Waals surface area contributed by atoms with E-state index in [4.69, 9.17) is 23.7 Å². The third kappa shape index (κ3) is 8.35. The van der Waals surface area contributed by atoms with E-state index < -0.39 is 24.5 Å². The quantitative estimate of drug-likeness (QED) is 0.148. The molecule has 0 spiro atoms. The molecule has 0 amide bonds. The van der Waals surface area contributed by atoms with Gasteiger partial charge in [0.1, 0.15) is 12.2 Å². The maximum absolute atomic E-state index is 11.9. The van der Waals surface area contributed by atoms with Crippen LogP contribution in [-0.4, -0.2) is 41.6 Å². The molecule has 1 aliphatic heterocycles. The van der Waals surface area contributed by atoms with E-state index in [1.807, 2.05) is 91.0 Å². The molecule has 3 aromatic carbocycles. The third-order valence-electron chi connectivity index (χ3n) is 6.20. The smallest absolute Gasteiger partial charge is 0.304 e. The second-order valence-corrected chi connectivity index (χ2v) is 9.87. The molecule has 1 saturated heterocycles. The number of hydrogen-bond donors (Lipinski definition) is 0. The fourth-order valence-corrected chi connectivity index (χ4v) is 5.27. The topological polar surface area (TPSA) is 63.2 Å². The normalized spacial score (nSPS) is 23.5. The highest BCUT2D eigenvalue weighted by atomic mass is 127. The number of halogens is 1. The van der Waals surface area contributed by atoms with E-state index in [9.17, 15) is 4.79 Å². The number of ether oxygens (including phenoxy) is 5. The summed E-state index contributed by atoms with van der Waals surface area (Å²) < 4.78 is 31.7. The number of esters is 1. The van der Waals surface area contributed by atoms with Crippen molar-refractivity contribution in [2.75, 3.05) is 11.0 Å². The van der Waals surface area contributed by atoms with Crippen molar-refractivity contribution < 1.29 is 28.5 Å². The molecule has 37 heavy (non-hydrogen) atoms. The second kappa shape index (κ2) is 14.6. The number of benzene rings is 3. The highest BCUT2D eigenvalue weighted by Crippen LogP contribution is 2.34. The highest BCUT2D eigenvalue weighted by molar-refractivity contribution is 14.1. The van der Waals surface area contributed by atoms with Crippen LogP contribution in [-0.2, 0) is 48.3 Å². The molecule has 0 aliphatic carbocycles. The second-order valence-electron chi connectivity index (χ2n) is 8.99. The van der Waals surface area contributed by atoms with Gasteiger partial charge < -0.3 is 23.7 Å². The first-order valence-electron chi connectivity index (χ1n) is 12.5. The number of carbonyl (C=O) groups excluding carboxylic acids is 1. The van der Waals surface area contributed by atoms with E-state index in [2.05, 4.69) is 22.6 Å².